The van der Waals surface area contributed by atoms with Gasteiger partial charge in [0.15, 0.2) is 0 Å². The van der Waals surface area contributed by atoms with Crippen LogP contribution in [0.2, 0.25) is 0 Å². The Morgan fingerprint density at radius 3 is 1.22 bits per heavy atom. The molecule has 0 unspecified atom stereocenters. The van der Waals surface area contributed by atoms with Crippen molar-refractivity contribution in [2.75, 3.05) is 0 Å². The summed E-state index contributed by atoms with van der Waals surface area (Å²) in [6.07, 6.45) is 0. The number of hydrogen-bond donors (Lipinski definition) is 0. The van der Waals surface area contributed by atoms with Crippen LogP contribution >= 0.6 is 54.5 Å². The second-order valence-electron chi connectivity index (χ2n) is 19.6. The minimum atomic E-state index is -0.367. The van der Waals surface area contributed by atoms with Gasteiger partial charge in [0, 0.05) is 45.4 Å². The highest BCUT2D eigenvalue weighted by Crippen LogP contribution is 2.39. The van der Waals surface area contributed by atoms with Crippen LogP contribution in [0.3, 0.4) is 0 Å². The van der Waals surface area contributed by atoms with Gasteiger partial charge in [-0.3, -0.25) is 0 Å². The maximum Gasteiger partial charge on any atom is 0.494 e. The van der Waals surface area contributed by atoms with Crippen LogP contribution in [0.4, 0.5) is 0 Å². The van der Waals surface area contributed by atoms with Crippen molar-refractivity contribution in [3.63, 3.8) is 0 Å². The van der Waals surface area contributed by atoms with E-state index in [9.17, 15) is 0 Å². The smallest absolute Gasteiger partial charge is 0.399 e. The minimum Gasteiger partial charge on any atom is -0.399 e. The van der Waals surface area contributed by atoms with Gasteiger partial charge in [-0.15, -0.1) is 0 Å². The molecular formula is C66H52BBr2IN2O2. The van der Waals surface area contributed by atoms with E-state index in [1.165, 1.54) is 86.4 Å². The van der Waals surface area contributed by atoms with E-state index >= 15 is 0 Å². The average molecular weight is 1200 g/mol. The van der Waals surface area contributed by atoms with Gasteiger partial charge >= 0.3 is 7.12 Å². The summed E-state index contributed by atoms with van der Waals surface area (Å²) in [6.45, 7) is 8.36. The molecule has 2 aromatic heterocycles. The molecule has 1 fully saturated rings. The maximum atomic E-state index is 6.30. The maximum absolute atomic E-state index is 6.30. The molecule has 0 radical (unpaired) electrons. The fourth-order valence-electron chi connectivity index (χ4n) is 9.81. The second kappa shape index (κ2) is 21.0. The van der Waals surface area contributed by atoms with E-state index in [1.807, 2.05) is 12.1 Å². The third-order valence-corrected chi connectivity index (χ3v) is 16.1. The Balaban J connectivity index is 0.000000138. The minimum absolute atomic E-state index is 0.355. The summed E-state index contributed by atoms with van der Waals surface area (Å²) in [6, 6.07) is 86.0. The molecule has 0 amide bonds. The fourth-order valence-corrected chi connectivity index (χ4v) is 10.7. The zero-order chi connectivity index (χ0) is 51.0. The molecule has 10 aromatic carbocycles. The number of hydrogen-bond acceptors (Lipinski definition) is 2. The first-order chi connectivity index (χ1) is 35.9. The summed E-state index contributed by atoms with van der Waals surface area (Å²) in [5.74, 6) is 0. The van der Waals surface area contributed by atoms with Gasteiger partial charge < -0.3 is 18.4 Å². The zero-order valence-corrected chi connectivity index (χ0v) is 46.8. The molecule has 0 aliphatic carbocycles. The molecule has 0 atom stereocenters. The Labute approximate surface area is 464 Å². The van der Waals surface area contributed by atoms with Crippen molar-refractivity contribution in [3.05, 3.63) is 255 Å². The Kier molecular flexibility index (Phi) is 14.1. The van der Waals surface area contributed by atoms with E-state index < -0.39 is 0 Å². The molecule has 3 heterocycles. The molecule has 4 nitrogen and oxygen atoms in total. The van der Waals surface area contributed by atoms with Crippen LogP contribution < -0.4 is 5.46 Å². The summed E-state index contributed by atoms with van der Waals surface area (Å²) < 4.78 is 20.8. The standard InChI is InChI=1S/C30H28BNO2.C30H20BrN.C6H4BrI/c1-29(2)30(3,4)34-31(33-29)23-12-10-11-21(19-23)22-17-18-28-26(20-22)25-15-8-9-16-27(25)32(28)24-13-6-5-7-14-24;31-25-16-13-21(14-17-25)22-7-6-8-23(19-22)24-15-18-30-28(20-24)27-11-4-5-12-29(27)32(30)26-9-2-1-3-10-26;7-5-1-3-6(8)4-2-5/h5-20H,1-4H3;1-20H;1-4H. The van der Waals surface area contributed by atoms with E-state index in [-0.39, 0.29) is 18.3 Å². The predicted molar refractivity (Wildman–Crippen MR) is 328 cm³/mol. The van der Waals surface area contributed by atoms with Crippen molar-refractivity contribution in [3.8, 4) is 44.8 Å². The van der Waals surface area contributed by atoms with Crippen molar-refractivity contribution < 1.29 is 9.31 Å². The molecule has 0 saturated carbocycles. The van der Waals surface area contributed by atoms with E-state index in [4.69, 9.17) is 9.31 Å². The molecule has 74 heavy (non-hydrogen) atoms. The van der Waals surface area contributed by atoms with Gasteiger partial charge in [-0.1, -0.05) is 171 Å². The fraction of sp³-hybridized carbons (Fsp3) is 0.0909. The molecule has 0 bridgehead atoms. The summed E-state index contributed by atoms with van der Waals surface area (Å²) >= 11 is 9.15. The largest absolute Gasteiger partial charge is 0.494 e. The van der Waals surface area contributed by atoms with E-state index in [2.05, 4.69) is 322 Å². The van der Waals surface area contributed by atoms with Crippen LogP contribution in [0, 0.1) is 3.57 Å². The highest BCUT2D eigenvalue weighted by atomic mass is 127. The number of halogens is 3. The van der Waals surface area contributed by atoms with Gasteiger partial charge in [-0.25, -0.2) is 0 Å². The van der Waals surface area contributed by atoms with Crippen molar-refractivity contribution in [1.82, 2.24) is 9.13 Å². The molecule has 1 aliphatic rings. The number of rotatable bonds is 6. The summed E-state index contributed by atoms with van der Waals surface area (Å²) in [5, 5.41) is 5.05. The molecule has 8 heteroatoms. The number of benzene rings is 10. The number of para-hydroxylation sites is 4. The third kappa shape index (κ3) is 10.1. The Morgan fingerprint density at radius 2 is 0.730 bits per heavy atom. The SMILES string of the molecule is Brc1ccc(-c2cccc(-c3ccc4c(c3)c3ccccc3n4-c3ccccc3)c2)cc1.Brc1ccc(I)cc1.CC1(C)OB(c2cccc(-c3ccc4c(c3)c3ccccc3n4-c3ccccc3)c2)OC1(C)C. The predicted octanol–water partition coefficient (Wildman–Crippen LogP) is 18.7. The topological polar surface area (TPSA) is 28.3 Å². The van der Waals surface area contributed by atoms with Crippen LogP contribution in [-0.4, -0.2) is 27.5 Å². The van der Waals surface area contributed by atoms with Gasteiger partial charge in [0.05, 0.1) is 33.3 Å². The second-order valence-corrected chi connectivity index (χ2v) is 22.7. The Morgan fingerprint density at radius 1 is 0.351 bits per heavy atom. The summed E-state index contributed by atoms with van der Waals surface area (Å²) in [4.78, 5) is 0. The molecular weight excluding hydrogens is 1150 g/mol. The lowest BCUT2D eigenvalue weighted by Gasteiger charge is -2.32. The van der Waals surface area contributed by atoms with Crippen molar-refractivity contribution >= 4 is 111 Å². The molecule has 362 valence electrons. The number of nitrogens with zero attached hydrogens (tertiary/aromatic N) is 2. The van der Waals surface area contributed by atoms with Crippen LogP contribution in [0.5, 0.6) is 0 Å². The van der Waals surface area contributed by atoms with Crippen LogP contribution in [-0.2, 0) is 9.31 Å². The molecule has 0 spiro atoms. The van der Waals surface area contributed by atoms with E-state index in [1.54, 1.807) is 0 Å². The van der Waals surface area contributed by atoms with Crippen LogP contribution in [0.1, 0.15) is 27.7 Å². The van der Waals surface area contributed by atoms with Crippen molar-refractivity contribution in [2.45, 2.75) is 38.9 Å². The van der Waals surface area contributed by atoms with Crippen molar-refractivity contribution in [2.24, 2.45) is 0 Å². The third-order valence-electron chi connectivity index (χ3n) is 14.3. The summed E-state index contributed by atoms with van der Waals surface area (Å²) in [5.41, 5.74) is 14.8. The van der Waals surface area contributed by atoms with Crippen molar-refractivity contribution in [1.29, 1.82) is 0 Å². The first-order valence-corrected chi connectivity index (χ1v) is 27.5. The first kappa shape index (κ1) is 49.7. The van der Waals surface area contributed by atoms with Gasteiger partial charge in [-0.05, 0) is 192 Å². The lowest BCUT2D eigenvalue weighted by atomic mass is 9.78. The molecule has 13 rings (SSSR count). The van der Waals surface area contributed by atoms with E-state index in [0.29, 0.717) is 0 Å². The lowest BCUT2D eigenvalue weighted by Crippen LogP contribution is -2.41. The normalized spacial score (nSPS) is 13.7. The average Bonchev–Trinajstić information content (AvgIpc) is 4.03. The van der Waals surface area contributed by atoms with E-state index in [0.717, 1.165) is 20.0 Å². The van der Waals surface area contributed by atoms with Crippen LogP contribution in [0.15, 0.2) is 252 Å². The first-order valence-electron chi connectivity index (χ1n) is 24.8. The number of fused-ring (bicyclic) bond motifs is 6. The van der Waals surface area contributed by atoms with Gasteiger partial charge in [0.1, 0.15) is 0 Å². The lowest BCUT2D eigenvalue weighted by molar-refractivity contribution is 0.00578. The quantitative estimate of drug-likeness (QED) is 0.123. The van der Waals surface area contributed by atoms with Gasteiger partial charge in [0.25, 0.3) is 0 Å². The summed E-state index contributed by atoms with van der Waals surface area (Å²) in [7, 11) is -0.367. The van der Waals surface area contributed by atoms with Crippen LogP contribution in [0.25, 0.3) is 88.4 Å². The highest BCUT2D eigenvalue weighted by molar-refractivity contribution is 14.1. The Hall–Kier alpha value is -6.53. The monoisotopic (exact) mass is 1200 g/mol. The molecule has 1 aliphatic heterocycles. The molecule has 0 N–H and O–H groups in total. The zero-order valence-electron chi connectivity index (χ0n) is 41.5. The number of aromatic nitrogens is 2. The molecule has 12 aromatic rings. The Bertz CT molecular complexity index is 3910. The van der Waals surface area contributed by atoms with Gasteiger partial charge in [0.2, 0.25) is 0 Å². The van der Waals surface area contributed by atoms with Gasteiger partial charge in [-0.2, -0.15) is 0 Å². The molecule has 1 saturated heterocycles. The highest BCUT2D eigenvalue weighted by Gasteiger charge is 2.51.